The maximum Gasteiger partial charge on any atom is 0.145 e. The molecule has 62 valence electrons. The predicted molar refractivity (Wildman–Crippen MR) is 47.8 cm³/mol. The van der Waals surface area contributed by atoms with Gasteiger partial charge in [0.25, 0.3) is 0 Å². The lowest BCUT2D eigenvalue weighted by molar-refractivity contribution is -0.104. The Morgan fingerprint density at radius 3 is 2.67 bits per heavy atom. The molecular formula is C10H10O2. The first-order chi connectivity index (χ1) is 5.74. The molecule has 2 nitrogen and oxygen atoms in total. The topological polar surface area (TPSA) is 37.3 Å². The van der Waals surface area contributed by atoms with Crippen molar-refractivity contribution in [3.05, 3.63) is 35.4 Å². The molecule has 1 N–H and O–H groups in total. The maximum atomic E-state index is 10.3. The van der Waals surface area contributed by atoms with E-state index in [-0.39, 0.29) is 5.75 Å². The number of aldehydes is 1. The summed E-state index contributed by atoms with van der Waals surface area (Å²) in [7, 11) is 0. The molecule has 0 unspecified atom stereocenters. The van der Waals surface area contributed by atoms with E-state index in [1.807, 2.05) is 6.07 Å². The van der Waals surface area contributed by atoms with Crippen LogP contribution in [0.1, 0.15) is 12.5 Å². The summed E-state index contributed by atoms with van der Waals surface area (Å²) in [6.45, 7) is 1.69. The number of phenolic OH excluding ortho intramolecular Hbond substituents is 1. The van der Waals surface area contributed by atoms with Crippen LogP contribution in [0.25, 0.3) is 6.08 Å². The van der Waals surface area contributed by atoms with Gasteiger partial charge in [-0.15, -0.1) is 0 Å². The van der Waals surface area contributed by atoms with Gasteiger partial charge in [0, 0.05) is 5.56 Å². The van der Waals surface area contributed by atoms with E-state index in [1.54, 1.807) is 31.2 Å². The fourth-order valence-electron chi connectivity index (χ4n) is 0.889. The zero-order valence-corrected chi connectivity index (χ0v) is 6.82. The van der Waals surface area contributed by atoms with E-state index in [1.165, 1.54) is 0 Å². The third-order valence-electron chi connectivity index (χ3n) is 1.51. The molecule has 0 radical (unpaired) electrons. The molecule has 0 aliphatic rings. The zero-order valence-electron chi connectivity index (χ0n) is 6.82. The second kappa shape index (κ2) is 3.72. The summed E-state index contributed by atoms with van der Waals surface area (Å²) in [5.74, 6) is 0.193. The molecule has 2 heteroatoms. The summed E-state index contributed by atoms with van der Waals surface area (Å²) in [6, 6.07) is 6.89. The van der Waals surface area contributed by atoms with E-state index in [0.717, 1.165) is 6.29 Å². The van der Waals surface area contributed by atoms with Crippen LogP contribution >= 0.6 is 0 Å². The van der Waals surface area contributed by atoms with Gasteiger partial charge < -0.3 is 5.11 Å². The molecule has 12 heavy (non-hydrogen) atoms. The maximum absolute atomic E-state index is 10.3. The van der Waals surface area contributed by atoms with Crippen LogP contribution < -0.4 is 0 Å². The molecular weight excluding hydrogens is 152 g/mol. The van der Waals surface area contributed by atoms with Crippen molar-refractivity contribution in [3.8, 4) is 5.75 Å². The highest BCUT2D eigenvalue weighted by atomic mass is 16.3. The molecule has 0 atom stereocenters. The number of rotatable bonds is 2. The molecule has 1 aromatic carbocycles. The highest BCUT2D eigenvalue weighted by Crippen LogP contribution is 2.17. The number of phenols is 1. The second-order valence-corrected chi connectivity index (χ2v) is 2.57. The van der Waals surface area contributed by atoms with E-state index in [4.69, 9.17) is 0 Å². The van der Waals surface area contributed by atoms with Crippen molar-refractivity contribution in [1.29, 1.82) is 0 Å². The van der Waals surface area contributed by atoms with Gasteiger partial charge in [-0.3, -0.25) is 4.79 Å². The average molecular weight is 162 g/mol. The lowest BCUT2D eigenvalue weighted by Gasteiger charge is -1.97. The van der Waals surface area contributed by atoms with Gasteiger partial charge in [0.2, 0.25) is 0 Å². The molecule has 0 aromatic heterocycles. The van der Waals surface area contributed by atoms with Crippen molar-refractivity contribution in [2.75, 3.05) is 0 Å². The van der Waals surface area contributed by atoms with Crippen molar-refractivity contribution in [1.82, 2.24) is 0 Å². The van der Waals surface area contributed by atoms with Crippen LogP contribution in [-0.4, -0.2) is 11.4 Å². The lowest BCUT2D eigenvalue weighted by Crippen LogP contribution is -1.78. The Morgan fingerprint density at radius 1 is 1.42 bits per heavy atom. The van der Waals surface area contributed by atoms with Gasteiger partial charge in [-0.05, 0) is 24.6 Å². The minimum absolute atomic E-state index is 0.193. The molecule has 0 aliphatic carbocycles. The summed E-state index contributed by atoms with van der Waals surface area (Å²) < 4.78 is 0. The summed E-state index contributed by atoms with van der Waals surface area (Å²) in [5.41, 5.74) is 1.26. The Kier molecular flexibility index (Phi) is 2.64. The first-order valence-electron chi connectivity index (χ1n) is 3.65. The zero-order chi connectivity index (χ0) is 8.97. The van der Waals surface area contributed by atoms with Gasteiger partial charge in [-0.1, -0.05) is 18.2 Å². The molecule has 1 aromatic rings. The second-order valence-electron chi connectivity index (χ2n) is 2.57. The van der Waals surface area contributed by atoms with Gasteiger partial charge in [-0.25, -0.2) is 0 Å². The van der Waals surface area contributed by atoms with Gasteiger partial charge in [0.15, 0.2) is 0 Å². The highest BCUT2D eigenvalue weighted by molar-refractivity contribution is 5.81. The Balaban J connectivity index is 3.04. The Labute approximate surface area is 71.2 Å². The predicted octanol–water partition coefficient (Wildman–Crippen LogP) is 1.99. The Morgan fingerprint density at radius 2 is 2.08 bits per heavy atom. The van der Waals surface area contributed by atoms with Gasteiger partial charge in [-0.2, -0.15) is 0 Å². The Bertz CT molecular complexity index is 313. The number of para-hydroxylation sites is 1. The third-order valence-corrected chi connectivity index (χ3v) is 1.51. The van der Waals surface area contributed by atoms with E-state index in [2.05, 4.69) is 0 Å². The third kappa shape index (κ3) is 1.95. The first kappa shape index (κ1) is 8.53. The highest BCUT2D eigenvalue weighted by Gasteiger charge is 1.94. The number of benzene rings is 1. The minimum atomic E-state index is 0.193. The molecule has 0 fully saturated rings. The number of allylic oxidation sites excluding steroid dienone is 1. The molecule has 0 bridgehead atoms. The standard InChI is InChI=1S/C10H10O2/c1-8(7-11)6-9-4-2-3-5-10(9)12/h2-7,12H,1H3/b8-6+. The van der Waals surface area contributed by atoms with E-state index >= 15 is 0 Å². The fourth-order valence-corrected chi connectivity index (χ4v) is 0.889. The van der Waals surface area contributed by atoms with Crippen molar-refractivity contribution in [2.24, 2.45) is 0 Å². The quantitative estimate of drug-likeness (QED) is 0.533. The van der Waals surface area contributed by atoms with Crippen LogP contribution in [0.3, 0.4) is 0 Å². The molecule has 0 amide bonds. The summed E-state index contributed by atoms with van der Waals surface area (Å²) in [4.78, 5) is 10.3. The van der Waals surface area contributed by atoms with Crippen LogP contribution in [-0.2, 0) is 4.79 Å². The number of carbonyl (C=O) groups excluding carboxylic acids is 1. The summed E-state index contributed by atoms with van der Waals surface area (Å²) in [6.07, 6.45) is 2.40. The molecule has 0 saturated carbocycles. The lowest BCUT2D eigenvalue weighted by atomic mass is 10.1. The van der Waals surface area contributed by atoms with E-state index in [9.17, 15) is 9.90 Å². The smallest absolute Gasteiger partial charge is 0.145 e. The minimum Gasteiger partial charge on any atom is -0.507 e. The van der Waals surface area contributed by atoms with Crippen LogP contribution in [0.15, 0.2) is 29.8 Å². The average Bonchev–Trinajstić information content (AvgIpc) is 2.09. The monoisotopic (exact) mass is 162 g/mol. The van der Waals surface area contributed by atoms with Crippen LogP contribution in [0.5, 0.6) is 5.75 Å². The Hall–Kier alpha value is -1.57. The van der Waals surface area contributed by atoms with Crippen molar-refractivity contribution in [3.63, 3.8) is 0 Å². The molecule has 0 heterocycles. The molecule has 0 saturated heterocycles. The molecule has 0 aliphatic heterocycles. The van der Waals surface area contributed by atoms with Crippen molar-refractivity contribution >= 4 is 12.4 Å². The van der Waals surface area contributed by atoms with Crippen molar-refractivity contribution < 1.29 is 9.90 Å². The largest absolute Gasteiger partial charge is 0.507 e. The number of aromatic hydroxyl groups is 1. The fraction of sp³-hybridized carbons (Fsp3) is 0.100. The van der Waals surface area contributed by atoms with E-state index < -0.39 is 0 Å². The van der Waals surface area contributed by atoms with Gasteiger partial charge >= 0.3 is 0 Å². The van der Waals surface area contributed by atoms with Gasteiger partial charge in [0.05, 0.1) is 0 Å². The SMILES string of the molecule is C/C(C=O)=C\c1ccccc1O. The number of carbonyl (C=O) groups is 1. The normalized spacial score (nSPS) is 11.2. The number of hydrogen-bond donors (Lipinski definition) is 1. The van der Waals surface area contributed by atoms with Crippen LogP contribution in [0, 0.1) is 0 Å². The summed E-state index contributed by atoms with van der Waals surface area (Å²) in [5, 5.41) is 9.29. The molecule has 0 spiro atoms. The summed E-state index contributed by atoms with van der Waals surface area (Å²) >= 11 is 0. The van der Waals surface area contributed by atoms with Crippen LogP contribution in [0.2, 0.25) is 0 Å². The van der Waals surface area contributed by atoms with Crippen molar-refractivity contribution in [2.45, 2.75) is 6.92 Å². The van der Waals surface area contributed by atoms with Gasteiger partial charge in [0.1, 0.15) is 12.0 Å². The number of hydrogen-bond acceptors (Lipinski definition) is 2. The van der Waals surface area contributed by atoms with E-state index in [0.29, 0.717) is 11.1 Å². The first-order valence-corrected chi connectivity index (χ1v) is 3.65. The van der Waals surface area contributed by atoms with Crippen LogP contribution in [0.4, 0.5) is 0 Å². The molecule has 1 rings (SSSR count).